The van der Waals surface area contributed by atoms with E-state index in [0.717, 1.165) is 22.0 Å². The number of carbonyl (C=O) groups is 2. The molecule has 3 heterocycles. The van der Waals surface area contributed by atoms with E-state index in [1.165, 1.54) is 30.9 Å². The number of aryl methyl sites for hydroxylation is 2. The van der Waals surface area contributed by atoms with Crippen LogP contribution in [0.3, 0.4) is 0 Å². The van der Waals surface area contributed by atoms with Crippen molar-refractivity contribution in [3.05, 3.63) is 79.9 Å². The molecule has 0 amide bonds. The molecule has 0 saturated heterocycles. The van der Waals surface area contributed by atoms with Crippen LogP contribution < -0.4 is 20.7 Å². The predicted octanol–water partition coefficient (Wildman–Crippen LogP) is 1.70. The highest BCUT2D eigenvalue weighted by Crippen LogP contribution is 2.33. The Kier molecular flexibility index (Phi) is 6.46. The Morgan fingerprint density at radius 2 is 1.77 bits per heavy atom. The first kappa shape index (κ1) is 23.8. The zero-order valence-corrected chi connectivity index (χ0v) is 19.9. The van der Waals surface area contributed by atoms with Crippen LogP contribution in [-0.2, 0) is 23.6 Å². The SMILES string of the molecule is Cc1cc(C(=O)COC(=O)/C=C/c2cn(C)c(=O)n(C)c2=O)c(C)n1-c1ccc2c(c1)OCCO2. The van der Waals surface area contributed by atoms with E-state index in [9.17, 15) is 19.2 Å². The van der Waals surface area contributed by atoms with Crippen LogP contribution in [0.2, 0.25) is 0 Å². The van der Waals surface area contributed by atoms with E-state index in [1.807, 2.05) is 36.6 Å². The number of Topliss-reactive ketones (excluding diaryl/α,β-unsaturated/α-hetero) is 1. The molecule has 4 rings (SSSR count). The molecule has 1 aliphatic heterocycles. The summed E-state index contributed by atoms with van der Waals surface area (Å²) >= 11 is 0. The maximum Gasteiger partial charge on any atom is 0.331 e. The van der Waals surface area contributed by atoms with E-state index in [-0.39, 0.29) is 11.3 Å². The average molecular weight is 479 g/mol. The second kappa shape index (κ2) is 9.49. The normalized spacial score (nSPS) is 12.7. The molecule has 0 radical (unpaired) electrons. The number of hydrogen-bond acceptors (Lipinski definition) is 7. The number of aromatic nitrogens is 3. The quantitative estimate of drug-likeness (QED) is 0.301. The summed E-state index contributed by atoms with van der Waals surface area (Å²) in [6.07, 6.45) is 3.63. The third-order valence-electron chi connectivity index (χ3n) is 5.73. The standard InChI is InChI=1S/C25H25N3O7/c1-15-11-19(16(2)28(15)18-6-7-21-22(12-18)34-10-9-33-21)20(29)14-35-23(30)8-5-17-13-26(3)25(32)27(4)24(17)31/h5-8,11-13H,9-10,14H2,1-4H3/b8-5+. The second-order valence-electron chi connectivity index (χ2n) is 8.15. The molecule has 0 fully saturated rings. The van der Waals surface area contributed by atoms with Gasteiger partial charge in [0.1, 0.15) is 13.2 Å². The number of ether oxygens (including phenoxy) is 3. The molecular formula is C25H25N3O7. The molecule has 0 aliphatic carbocycles. The van der Waals surface area contributed by atoms with E-state index in [4.69, 9.17) is 14.2 Å². The first-order valence-corrected chi connectivity index (χ1v) is 10.9. The average Bonchev–Trinajstić information content (AvgIpc) is 3.15. The van der Waals surface area contributed by atoms with Crippen molar-refractivity contribution in [3.8, 4) is 17.2 Å². The lowest BCUT2D eigenvalue weighted by Gasteiger charge is -2.20. The maximum absolute atomic E-state index is 12.8. The van der Waals surface area contributed by atoms with Crippen molar-refractivity contribution >= 4 is 17.8 Å². The Hall–Kier alpha value is -4.34. The van der Waals surface area contributed by atoms with E-state index < -0.39 is 23.8 Å². The molecule has 0 saturated carbocycles. The summed E-state index contributed by atoms with van der Waals surface area (Å²) in [5.74, 6) is 0.175. The highest BCUT2D eigenvalue weighted by Gasteiger charge is 2.20. The monoisotopic (exact) mass is 479 g/mol. The van der Waals surface area contributed by atoms with Gasteiger partial charge in [-0.25, -0.2) is 9.59 Å². The maximum atomic E-state index is 12.8. The van der Waals surface area contributed by atoms with Gasteiger partial charge in [0, 0.05) is 55.1 Å². The number of benzene rings is 1. The first-order chi connectivity index (χ1) is 16.7. The zero-order chi connectivity index (χ0) is 25.3. The minimum Gasteiger partial charge on any atom is -0.486 e. The van der Waals surface area contributed by atoms with Gasteiger partial charge in [0.05, 0.1) is 5.56 Å². The summed E-state index contributed by atoms with van der Waals surface area (Å²) in [5, 5.41) is 0. The molecule has 1 aromatic carbocycles. The minimum absolute atomic E-state index is 0.140. The van der Waals surface area contributed by atoms with Crippen LogP contribution in [0.25, 0.3) is 11.8 Å². The molecule has 10 nitrogen and oxygen atoms in total. The Morgan fingerprint density at radius 3 is 2.51 bits per heavy atom. The summed E-state index contributed by atoms with van der Waals surface area (Å²) in [6.45, 7) is 4.21. The Labute approximate surface area is 200 Å². The van der Waals surface area contributed by atoms with Crippen molar-refractivity contribution in [2.24, 2.45) is 14.1 Å². The van der Waals surface area contributed by atoms with Gasteiger partial charge >= 0.3 is 11.7 Å². The highest BCUT2D eigenvalue weighted by atomic mass is 16.6. The van der Waals surface area contributed by atoms with Crippen molar-refractivity contribution < 1.29 is 23.8 Å². The van der Waals surface area contributed by atoms with Crippen molar-refractivity contribution in [1.82, 2.24) is 13.7 Å². The molecule has 0 N–H and O–H groups in total. The smallest absolute Gasteiger partial charge is 0.331 e. The number of ketones is 1. The zero-order valence-electron chi connectivity index (χ0n) is 19.9. The van der Waals surface area contributed by atoms with Crippen molar-refractivity contribution in [2.75, 3.05) is 19.8 Å². The fourth-order valence-corrected chi connectivity index (χ4v) is 3.98. The Bertz CT molecular complexity index is 1470. The number of carbonyl (C=O) groups excluding carboxylic acids is 2. The molecule has 0 spiro atoms. The van der Waals surface area contributed by atoms with Crippen molar-refractivity contribution in [2.45, 2.75) is 13.8 Å². The molecule has 2 aromatic heterocycles. The second-order valence-corrected chi connectivity index (χ2v) is 8.15. The molecule has 10 heteroatoms. The molecule has 3 aromatic rings. The van der Waals surface area contributed by atoms with Crippen LogP contribution in [-0.4, -0.2) is 45.3 Å². The third kappa shape index (κ3) is 4.68. The summed E-state index contributed by atoms with van der Waals surface area (Å²) in [7, 11) is 2.85. The lowest BCUT2D eigenvalue weighted by molar-refractivity contribution is -0.136. The van der Waals surface area contributed by atoms with E-state index in [0.29, 0.717) is 36.0 Å². The Morgan fingerprint density at radius 1 is 1.06 bits per heavy atom. The molecule has 0 unspecified atom stereocenters. The summed E-state index contributed by atoms with van der Waals surface area (Å²) < 4.78 is 20.4. The fourth-order valence-electron chi connectivity index (χ4n) is 3.98. The van der Waals surface area contributed by atoms with Crippen LogP contribution in [0.1, 0.15) is 27.3 Å². The van der Waals surface area contributed by atoms with Gasteiger partial charge in [-0.1, -0.05) is 0 Å². The lowest BCUT2D eigenvalue weighted by Crippen LogP contribution is -2.37. The number of fused-ring (bicyclic) bond motifs is 1. The number of nitrogens with zero attached hydrogens (tertiary/aromatic N) is 3. The number of rotatable bonds is 6. The van der Waals surface area contributed by atoms with Gasteiger partial charge in [0.2, 0.25) is 5.78 Å². The summed E-state index contributed by atoms with van der Waals surface area (Å²) in [5.41, 5.74) is 1.90. The highest BCUT2D eigenvalue weighted by molar-refractivity contribution is 6.00. The van der Waals surface area contributed by atoms with Gasteiger partial charge in [-0.3, -0.25) is 14.2 Å². The van der Waals surface area contributed by atoms with Crippen LogP contribution in [0.5, 0.6) is 11.5 Å². The fraction of sp³-hybridized carbons (Fsp3) is 0.280. The predicted molar refractivity (Wildman–Crippen MR) is 127 cm³/mol. The van der Waals surface area contributed by atoms with Gasteiger partial charge in [-0.15, -0.1) is 0 Å². The van der Waals surface area contributed by atoms with Crippen molar-refractivity contribution in [1.29, 1.82) is 0 Å². The molecule has 0 atom stereocenters. The first-order valence-electron chi connectivity index (χ1n) is 10.9. The van der Waals surface area contributed by atoms with Crippen LogP contribution in [0.4, 0.5) is 0 Å². The van der Waals surface area contributed by atoms with Crippen LogP contribution in [0, 0.1) is 13.8 Å². The topological polar surface area (TPSA) is 111 Å². The minimum atomic E-state index is -0.783. The van der Waals surface area contributed by atoms with Crippen LogP contribution >= 0.6 is 0 Å². The largest absolute Gasteiger partial charge is 0.486 e. The van der Waals surface area contributed by atoms with E-state index in [1.54, 1.807) is 6.07 Å². The number of esters is 1. The van der Waals surface area contributed by atoms with Gasteiger partial charge in [0.25, 0.3) is 5.56 Å². The summed E-state index contributed by atoms with van der Waals surface area (Å²) in [6, 6.07) is 7.32. The molecule has 182 valence electrons. The van der Waals surface area contributed by atoms with Crippen LogP contribution in [0.15, 0.2) is 46.1 Å². The van der Waals surface area contributed by atoms with Gasteiger partial charge in [-0.05, 0) is 38.1 Å². The van der Waals surface area contributed by atoms with E-state index in [2.05, 4.69) is 0 Å². The molecular weight excluding hydrogens is 454 g/mol. The van der Waals surface area contributed by atoms with Gasteiger partial charge < -0.3 is 23.3 Å². The van der Waals surface area contributed by atoms with Gasteiger partial charge in [-0.2, -0.15) is 0 Å². The molecule has 1 aliphatic rings. The summed E-state index contributed by atoms with van der Waals surface area (Å²) in [4.78, 5) is 48.9. The third-order valence-corrected chi connectivity index (χ3v) is 5.73. The molecule has 0 bridgehead atoms. The molecule has 35 heavy (non-hydrogen) atoms. The Balaban J connectivity index is 1.47. The number of hydrogen-bond donors (Lipinski definition) is 0. The van der Waals surface area contributed by atoms with E-state index >= 15 is 0 Å². The van der Waals surface area contributed by atoms with Crippen molar-refractivity contribution in [3.63, 3.8) is 0 Å². The van der Waals surface area contributed by atoms with Gasteiger partial charge in [0.15, 0.2) is 18.1 Å². The lowest BCUT2D eigenvalue weighted by atomic mass is 10.1.